The average molecular weight is 265 g/mol. The maximum atomic E-state index is 11.6. The van der Waals surface area contributed by atoms with Crippen molar-refractivity contribution in [3.8, 4) is 5.75 Å². The summed E-state index contributed by atoms with van der Waals surface area (Å²) in [6.45, 7) is 4.94. The summed E-state index contributed by atoms with van der Waals surface area (Å²) in [6.07, 6.45) is 0. The van der Waals surface area contributed by atoms with Crippen LogP contribution >= 0.6 is 0 Å². The molecule has 0 aliphatic rings. The Morgan fingerprint density at radius 1 is 1.53 bits per heavy atom. The van der Waals surface area contributed by atoms with Crippen LogP contribution in [0.2, 0.25) is 0 Å². The first-order valence-corrected chi connectivity index (χ1v) is 6.33. The highest BCUT2D eigenvalue weighted by atomic mass is 16.5. The van der Waals surface area contributed by atoms with E-state index in [0.29, 0.717) is 13.1 Å². The number of hydrogen-bond donors (Lipinski definition) is 2. The second-order valence-corrected chi connectivity index (χ2v) is 4.78. The molecule has 1 rings (SSSR count). The van der Waals surface area contributed by atoms with Crippen molar-refractivity contribution in [1.82, 2.24) is 5.32 Å². The molecule has 0 spiro atoms. The van der Waals surface area contributed by atoms with Crippen molar-refractivity contribution in [2.24, 2.45) is 5.73 Å². The summed E-state index contributed by atoms with van der Waals surface area (Å²) in [5.74, 6) is 0.428. The van der Waals surface area contributed by atoms with Crippen molar-refractivity contribution < 1.29 is 9.53 Å². The lowest BCUT2D eigenvalue weighted by Crippen LogP contribution is -2.59. The molecule has 0 heterocycles. The van der Waals surface area contributed by atoms with Crippen LogP contribution in [0.15, 0.2) is 24.3 Å². The molecule has 0 aliphatic heterocycles. The molecule has 3 N–H and O–H groups in total. The van der Waals surface area contributed by atoms with Crippen molar-refractivity contribution in [2.75, 3.05) is 32.1 Å². The Bertz CT molecular complexity index is 436. The van der Waals surface area contributed by atoms with Crippen molar-refractivity contribution in [3.63, 3.8) is 0 Å². The van der Waals surface area contributed by atoms with Crippen molar-refractivity contribution in [3.05, 3.63) is 24.3 Å². The minimum Gasteiger partial charge on any atom is -0.497 e. The lowest BCUT2D eigenvalue weighted by Gasteiger charge is -2.33. The van der Waals surface area contributed by atoms with E-state index in [1.54, 1.807) is 7.11 Å². The fourth-order valence-corrected chi connectivity index (χ4v) is 2.02. The maximum absolute atomic E-state index is 11.6. The highest BCUT2D eigenvalue weighted by Crippen LogP contribution is 2.21. The van der Waals surface area contributed by atoms with Gasteiger partial charge in [0.25, 0.3) is 0 Å². The van der Waals surface area contributed by atoms with E-state index in [-0.39, 0.29) is 5.91 Å². The standard InChI is InChI=1S/C14H23N3O2/c1-5-16-14(2,13(15)18)10-17(3)11-7-6-8-12(9-11)19-4/h6-9,16H,5,10H2,1-4H3,(H2,15,18). The monoisotopic (exact) mass is 265 g/mol. The van der Waals surface area contributed by atoms with Crippen LogP contribution < -0.4 is 20.7 Å². The number of nitrogens with one attached hydrogen (secondary N) is 1. The molecule has 1 amide bonds. The SMILES string of the molecule is CCNC(C)(CN(C)c1cccc(OC)c1)C(N)=O. The number of carbonyl (C=O) groups is 1. The van der Waals surface area contributed by atoms with E-state index < -0.39 is 5.54 Å². The number of rotatable bonds is 7. The van der Waals surface area contributed by atoms with Gasteiger partial charge in [-0.1, -0.05) is 13.0 Å². The van der Waals surface area contributed by atoms with E-state index in [0.717, 1.165) is 11.4 Å². The number of methoxy groups -OCH3 is 1. The van der Waals surface area contributed by atoms with E-state index in [2.05, 4.69) is 5.32 Å². The van der Waals surface area contributed by atoms with Crippen LogP contribution in [0.4, 0.5) is 5.69 Å². The van der Waals surface area contributed by atoms with E-state index >= 15 is 0 Å². The molecule has 0 aliphatic carbocycles. The third kappa shape index (κ3) is 3.86. The van der Waals surface area contributed by atoms with E-state index in [4.69, 9.17) is 10.5 Å². The Balaban J connectivity index is 2.87. The predicted molar refractivity (Wildman–Crippen MR) is 77.5 cm³/mol. The molecular formula is C14H23N3O2. The predicted octanol–water partition coefficient (Wildman–Crippen LogP) is 0.985. The van der Waals surface area contributed by atoms with Gasteiger partial charge in [0.15, 0.2) is 0 Å². The number of hydrogen-bond acceptors (Lipinski definition) is 4. The molecule has 1 aromatic rings. The Labute approximate surface area is 114 Å². The van der Waals surface area contributed by atoms with Gasteiger partial charge in [0, 0.05) is 25.3 Å². The second-order valence-electron chi connectivity index (χ2n) is 4.78. The Morgan fingerprint density at radius 3 is 2.74 bits per heavy atom. The van der Waals surface area contributed by atoms with Crippen LogP contribution in [0.3, 0.4) is 0 Å². The van der Waals surface area contributed by atoms with Crippen LogP contribution in [0.25, 0.3) is 0 Å². The number of benzene rings is 1. The third-order valence-electron chi connectivity index (χ3n) is 3.16. The number of anilines is 1. The van der Waals surface area contributed by atoms with Crippen LogP contribution in [-0.4, -0.2) is 38.7 Å². The van der Waals surface area contributed by atoms with Crippen molar-refractivity contribution >= 4 is 11.6 Å². The van der Waals surface area contributed by atoms with E-state index in [1.807, 2.05) is 50.1 Å². The summed E-state index contributed by atoms with van der Waals surface area (Å²) < 4.78 is 5.20. The lowest BCUT2D eigenvalue weighted by atomic mass is 10.0. The normalized spacial score (nSPS) is 13.7. The van der Waals surface area contributed by atoms with Gasteiger partial charge in [0.2, 0.25) is 5.91 Å². The summed E-state index contributed by atoms with van der Waals surface area (Å²) in [5, 5.41) is 3.14. The minimum atomic E-state index is -0.757. The molecule has 0 bridgehead atoms. The molecule has 1 aromatic carbocycles. The zero-order valence-electron chi connectivity index (χ0n) is 12.1. The molecule has 0 aromatic heterocycles. The van der Waals surface area contributed by atoms with Gasteiger partial charge in [0.05, 0.1) is 7.11 Å². The number of ether oxygens (including phenoxy) is 1. The average Bonchev–Trinajstić information content (AvgIpc) is 2.38. The van der Waals surface area contributed by atoms with Crippen LogP contribution in [0.1, 0.15) is 13.8 Å². The molecule has 0 saturated heterocycles. The van der Waals surface area contributed by atoms with Crippen LogP contribution in [-0.2, 0) is 4.79 Å². The number of nitrogens with zero attached hydrogens (tertiary/aromatic N) is 1. The first kappa shape index (κ1) is 15.3. The van der Waals surface area contributed by atoms with Gasteiger partial charge in [0.1, 0.15) is 11.3 Å². The number of carbonyl (C=O) groups excluding carboxylic acids is 1. The van der Waals surface area contributed by atoms with E-state index in [1.165, 1.54) is 0 Å². The topological polar surface area (TPSA) is 67.6 Å². The molecule has 19 heavy (non-hydrogen) atoms. The summed E-state index contributed by atoms with van der Waals surface area (Å²) in [4.78, 5) is 13.6. The summed E-state index contributed by atoms with van der Waals surface area (Å²) in [6, 6.07) is 7.69. The molecule has 0 fully saturated rings. The molecular weight excluding hydrogens is 242 g/mol. The molecule has 106 valence electrons. The van der Waals surface area contributed by atoms with Gasteiger partial charge in [-0.25, -0.2) is 0 Å². The van der Waals surface area contributed by atoms with Crippen LogP contribution in [0.5, 0.6) is 5.75 Å². The van der Waals surface area contributed by atoms with Gasteiger partial charge in [-0.15, -0.1) is 0 Å². The van der Waals surface area contributed by atoms with E-state index in [9.17, 15) is 4.79 Å². The quantitative estimate of drug-likeness (QED) is 0.771. The molecule has 5 heteroatoms. The number of likely N-dealkylation sites (N-methyl/N-ethyl adjacent to an activating group) is 2. The molecule has 1 unspecified atom stereocenters. The Hall–Kier alpha value is -1.75. The zero-order chi connectivity index (χ0) is 14.5. The highest BCUT2D eigenvalue weighted by molar-refractivity contribution is 5.85. The first-order valence-electron chi connectivity index (χ1n) is 6.33. The van der Waals surface area contributed by atoms with Crippen molar-refractivity contribution in [1.29, 1.82) is 0 Å². The van der Waals surface area contributed by atoms with Crippen LogP contribution in [0, 0.1) is 0 Å². The second kappa shape index (κ2) is 6.43. The summed E-state index contributed by atoms with van der Waals surface area (Å²) in [5.41, 5.74) is 5.71. The molecule has 0 saturated carbocycles. The number of primary amides is 1. The van der Waals surface area contributed by atoms with Gasteiger partial charge in [-0.3, -0.25) is 4.79 Å². The highest BCUT2D eigenvalue weighted by Gasteiger charge is 2.31. The Kier molecular flexibility index (Phi) is 5.18. The summed E-state index contributed by atoms with van der Waals surface area (Å²) >= 11 is 0. The van der Waals surface area contributed by atoms with Gasteiger partial charge in [-0.2, -0.15) is 0 Å². The maximum Gasteiger partial charge on any atom is 0.239 e. The van der Waals surface area contributed by atoms with Crippen molar-refractivity contribution in [2.45, 2.75) is 19.4 Å². The fourth-order valence-electron chi connectivity index (χ4n) is 2.02. The zero-order valence-corrected chi connectivity index (χ0v) is 12.1. The van der Waals surface area contributed by atoms with Gasteiger partial charge < -0.3 is 20.7 Å². The first-order chi connectivity index (χ1) is 8.92. The minimum absolute atomic E-state index is 0.357. The molecule has 0 radical (unpaired) electrons. The molecule has 1 atom stereocenters. The summed E-state index contributed by atoms with van der Waals surface area (Å²) in [7, 11) is 3.55. The number of nitrogens with two attached hydrogens (primary N) is 1. The largest absolute Gasteiger partial charge is 0.497 e. The fraction of sp³-hybridized carbons (Fsp3) is 0.500. The molecule has 5 nitrogen and oxygen atoms in total. The smallest absolute Gasteiger partial charge is 0.239 e. The third-order valence-corrected chi connectivity index (χ3v) is 3.16. The Morgan fingerprint density at radius 2 is 2.21 bits per heavy atom. The number of amides is 1. The van der Waals surface area contributed by atoms with Gasteiger partial charge in [-0.05, 0) is 25.6 Å². The van der Waals surface area contributed by atoms with Gasteiger partial charge >= 0.3 is 0 Å². The lowest BCUT2D eigenvalue weighted by molar-refractivity contribution is -0.123.